The summed E-state index contributed by atoms with van der Waals surface area (Å²) in [5, 5.41) is 13.5. The summed E-state index contributed by atoms with van der Waals surface area (Å²) >= 11 is 0. The summed E-state index contributed by atoms with van der Waals surface area (Å²) in [6, 6.07) is 7.75. The number of hydrogen-bond acceptors (Lipinski definition) is 6. The number of aromatic hydroxyl groups is 1. The first-order chi connectivity index (χ1) is 12.9. The third kappa shape index (κ3) is 4.17. The number of benzene rings is 2. The van der Waals surface area contributed by atoms with Crippen LogP contribution in [0.5, 0.6) is 17.2 Å². The Kier molecular flexibility index (Phi) is 5.56. The average molecular weight is 369 g/mol. The molecule has 0 fully saturated rings. The topological polar surface area (TPSA) is 66.3 Å². The first-order valence-electron chi connectivity index (χ1n) is 8.98. The highest BCUT2D eigenvalue weighted by molar-refractivity contribution is 5.94. The molecule has 3 rings (SSSR count). The molecule has 1 heterocycles. The maximum Gasteiger partial charge on any atom is 0.144 e. The van der Waals surface area contributed by atoms with Crippen molar-refractivity contribution in [3.63, 3.8) is 0 Å². The molecule has 27 heavy (non-hydrogen) atoms. The summed E-state index contributed by atoms with van der Waals surface area (Å²) in [5.41, 5.74) is 4.51. The molecular weight excluding hydrogens is 342 g/mol. The lowest BCUT2D eigenvalue weighted by Gasteiger charge is -2.25. The molecule has 0 bridgehead atoms. The zero-order valence-electron chi connectivity index (χ0n) is 16.5. The SMILES string of the molecule is COc1cc2c(c(OCCN(C)C)c1)C=NC(c1cc(C)c(O)c(C)c1)N2. The van der Waals surface area contributed by atoms with E-state index in [0.717, 1.165) is 46.0 Å². The second kappa shape index (κ2) is 7.88. The van der Waals surface area contributed by atoms with Crippen molar-refractivity contribution in [2.45, 2.75) is 20.0 Å². The van der Waals surface area contributed by atoms with Gasteiger partial charge in [-0.15, -0.1) is 0 Å². The van der Waals surface area contributed by atoms with E-state index >= 15 is 0 Å². The number of nitrogens with zero attached hydrogens (tertiary/aromatic N) is 2. The van der Waals surface area contributed by atoms with Gasteiger partial charge in [-0.2, -0.15) is 0 Å². The van der Waals surface area contributed by atoms with Gasteiger partial charge in [0, 0.05) is 24.9 Å². The number of ether oxygens (including phenoxy) is 2. The normalized spacial score (nSPS) is 15.4. The van der Waals surface area contributed by atoms with Crippen LogP contribution in [-0.2, 0) is 0 Å². The van der Waals surface area contributed by atoms with Crippen LogP contribution in [0.15, 0.2) is 29.3 Å². The molecule has 0 radical (unpaired) electrons. The number of fused-ring (bicyclic) bond motifs is 1. The molecule has 0 saturated carbocycles. The van der Waals surface area contributed by atoms with Crippen molar-refractivity contribution in [2.75, 3.05) is 39.7 Å². The molecule has 1 atom stereocenters. The van der Waals surface area contributed by atoms with Crippen LogP contribution in [0.1, 0.15) is 28.4 Å². The Labute approximate surface area is 160 Å². The van der Waals surface area contributed by atoms with Gasteiger partial charge in [0.05, 0.1) is 18.4 Å². The minimum absolute atomic E-state index is 0.225. The van der Waals surface area contributed by atoms with Crippen molar-refractivity contribution >= 4 is 11.9 Å². The lowest BCUT2D eigenvalue weighted by Crippen LogP contribution is -2.20. The van der Waals surface area contributed by atoms with Crippen LogP contribution in [0.2, 0.25) is 0 Å². The fraction of sp³-hybridized carbons (Fsp3) is 0.381. The molecule has 6 nitrogen and oxygen atoms in total. The van der Waals surface area contributed by atoms with Gasteiger partial charge >= 0.3 is 0 Å². The molecule has 0 spiro atoms. The maximum atomic E-state index is 10.0. The Morgan fingerprint density at radius 3 is 2.48 bits per heavy atom. The smallest absolute Gasteiger partial charge is 0.144 e. The standard InChI is InChI=1S/C21H27N3O3/c1-13-8-15(9-14(2)20(13)25)21-22-12-17-18(23-21)10-16(26-5)11-19(17)27-7-6-24(3)4/h8-12,21,23,25H,6-7H2,1-5H3. The summed E-state index contributed by atoms with van der Waals surface area (Å²) in [4.78, 5) is 6.74. The molecule has 1 aliphatic rings. The highest BCUT2D eigenvalue weighted by atomic mass is 16.5. The van der Waals surface area contributed by atoms with Crippen LogP contribution in [0, 0.1) is 13.8 Å². The highest BCUT2D eigenvalue weighted by Gasteiger charge is 2.21. The number of nitrogens with one attached hydrogen (secondary N) is 1. The monoisotopic (exact) mass is 369 g/mol. The van der Waals surface area contributed by atoms with Gasteiger partial charge in [0.15, 0.2) is 0 Å². The van der Waals surface area contributed by atoms with Gasteiger partial charge in [-0.05, 0) is 56.8 Å². The lowest BCUT2D eigenvalue weighted by atomic mass is 10.0. The van der Waals surface area contributed by atoms with Crippen LogP contribution in [-0.4, -0.2) is 50.6 Å². The van der Waals surface area contributed by atoms with Gasteiger partial charge in [0.2, 0.25) is 0 Å². The summed E-state index contributed by atoms with van der Waals surface area (Å²) in [6.45, 7) is 5.20. The Morgan fingerprint density at radius 2 is 1.85 bits per heavy atom. The van der Waals surface area contributed by atoms with E-state index in [1.807, 2.05) is 58.4 Å². The van der Waals surface area contributed by atoms with E-state index in [0.29, 0.717) is 12.4 Å². The molecule has 2 aromatic carbocycles. The Balaban J connectivity index is 1.90. The van der Waals surface area contributed by atoms with Crippen molar-refractivity contribution in [3.05, 3.63) is 46.5 Å². The zero-order valence-corrected chi connectivity index (χ0v) is 16.5. The number of anilines is 1. The fourth-order valence-corrected chi connectivity index (χ4v) is 3.08. The first kappa shape index (κ1) is 19.0. The molecule has 0 saturated heterocycles. The minimum atomic E-state index is -0.225. The van der Waals surface area contributed by atoms with Gasteiger partial charge in [-0.25, -0.2) is 0 Å². The van der Waals surface area contributed by atoms with E-state index in [2.05, 4.69) is 15.2 Å². The number of phenolic OH excluding ortho intramolecular Hbond substituents is 1. The molecule has 2 N–H and O–H groups in total. The van der Waals surface area contributed by atoms with Gasteiger partial charge in [-0.1, -0.05) is 0 Å². The third-order valence-corrected chi connectivity index (χ3v) is 4.62. The molecule has 0 amide bonds. The van der Waals surface area contributed by atoms with Crippen molar-refractivity contribution in [3.8, 4) is 17.2 Å². The van der Waals surface area contributed by atoms with Gasteiger partial charge in [-0.3, -0.25) is 4.99 Å². The minimum Gasteiger partial charge on any atom is -0.507 e. The molecule has 2 aromatic rings. The second-order valence-electron chi connectivity index (χ2n) is 7.07. The fourth-order valence-electron chi connectivity index (χ4n) is 3.08. The van der Waals surface area contributed by atoms with Crippen LogP contribution in [0.4, 0.5) is 5.69 Å². The Morgan fingerprint density at radius 1 is 1.15 bits per heavy atom. The van der Waals surface area contributed by atoms with Crippen molar-refractivity contribution in [2.24, 2.45) is 4.99 Å². The van der Waals surface area contributed by atoms with E-state index in [4.69, 9.17) is 9.47 Å². The van der Waals surface area contributed by atoms with Crippen molar-refractivity contribution in [1.29, 1.82) is 0 Å². The van der Waals surface area contributed by atoms with Crippen molar-refractivity contribution in [1.82, 2.24) is 4.90 Å². The number of phenols is 1. The lowest BCUT2D eigenvalue weighted by molar-refractivity contribution is 0.260. The van der Waals surface area contributed by atoms with E-state index in [9.17, 15) is 5.11 Å². The second-order valence-corrected chi connectivity index (χ2v) is 7.07. The van der Waals surface area contributed by atoms with Gasteiger partial charge in [0.1, 0.15) is 30.0 Å². The maximum absolute atomic E-state index is 10.0. The number of methoxy groups -OCH3 is 1. The van der Waals surface area contributed by atoms with Gasteiger partial charge < -0.3 is 24.8 Å². The molecule has 1 aliphatic heterocycles. The number of aliphatic imine (C=N–C) groups is 1. The van der Waals surface area contributed by atoms with Gasteiger partial charge in [0.25, 0.3) is 0 Å². The summed E-state index contributed by atoms with van der Waals surface area (Å²) in [5.74, 6) is 1.81. The van der Waals surface area contributed by atoms with E-state index in [1.54, 1.807) is 7.11 Å². The van der Waals surface area contributed by atoms with Crippen molar-refractivity contribution < 1.29 is 14.6 Å². The number of hydrogen-bond donors (Lipinski definition) is 2. The molecule has 0 aliphatic carbocycles. The summed E-state index contributed by atoms with van der Waals surface area (Å²) < 4.78 is 11.4. The molecule has 0 aromatic heterocycles. The van der Waals surface area contributed by atoms with Crippen LogP contribution in [0.3, 0.4) is 0 Å². The number of aryl methyl sites for hydroxylation is 2. The molecule has 1 unspecified atom stereocenters. The summed E-state index contributed by atoms with van der Waals surface area (Å²) in [7, 11) is 5.67. The van der Waals surface area contributed by atoms with E-state index in [1.165, 1.54) is 0 Å². The quantitative estimate of drug-likeness (QED) is 0.816. The Hall–Kier alpha value is -2.73. The van der Waals surface area contributed by atoms with Crippen LogP contribution < -0.4 is 14.8 Å². The average Bonchev–Trinajstić information content (AvgIpc) is 2.64. The molecule has 6 heteroatoms. The van der Waals surface area contributed by atoms with E-state index < -0.39 is 0 Å². The molecule has 144 valence electrons. The summed E-state index contributed by atoms with van der Waals surface area (Å²) in [6.07, 6.45) is 1.62. The number of rotatable bonds is 6. The predicted octanol–water partition coefficient (Wildman–Crippen LogP) is 3.50. The first-order valence-corrected chi connectivity index (χ1v) is 8.98. The van der Waals surface area contributed by atoms with Crippen LogP contribution >= 0.6 is 0 Å². The largest absolute Gasteiger partial charge is 0.507 e. The number of likely N-dealkylation sites (N-methyl/N-ethyl adjacent to an activating group) is 1. The predicted molar refractivity (Wildman–Crippen MR) is 109 cm³/mol. The zero-order chi connectivity index (χ0) is 19.6. The van der Waals surface area contributed by atoms with E-state index in [-0.39, 0.29) is 6.17 Å². The highest BCUT2D eigenvalue weighted by Crippen LogP contribution is 2.37. The third-order valence-electron chi connectivity index (χ3n) is 4.62. The molecular formula is C21H27N3O3. The van der Waals surface area contributed by atoms with Crippen LogP contribution in [0.25, 0.3) is 0 Å². The Bertz CT molecular complexity index is 839.